The van der Waals surface area contributed by atoms with E-state index >= 15 is 0 Å². The quantitative estimate of drug-likeness (QED) is 0.787. The van der Waals surface area contributed by atoms with Gasteiger partial charge in [-0.1, -0.05) is 25.4 Å². The van der Waals surface area contributed by atoms with Crippen molar-refractivity contribution in [1.82, 2.24) is 4.98 Å². The molecule has 0 radical (unpaired) electrons. The molecule has 0 amide bonds. The highest BCUT2D eigenvalue weighted by atomic mass is 35.5. The number of halogens is 1. The zero-order valence-corrected chi connectivity index (χ0v) is 8.80. The van der Waals surface area contributed by atoms with E-state index in [9.17, 15) is 0 Å². The third kappa shape index (κ3) is 1.24. The van der Waals surface area contributed by atoms with Crippen LogP contribution in [0.5, 0.6) is 0 Å². The molecule has 0 saturated heterocycles. The molecule has 3 nitrogen and oxygen atoms in total. The largest absolute Gasteiger partial charge is 0.462 e. The van der Waals surface area contributed by atoms with Gasteiger partial charge in [-0.2, -0.15) is 0 Å². The third-order valence-corrected chi connectivity index (χ3v) is 2.50. The zero-order valence-electron chi connectivity index (χ0n) is 8.04. The lowest BCUT2D eigenvalue weighted by atomic mass is 10.0. The van der Waals surface area contributed by atoms with Crippen LogP contribution in [0.4, 0.5) is 5.82 Å². The highest BCUT2D eigenvalue weighted by molar-refractivity contribution is 6.35. The number of rotatable bonds is 1. The fourth-order valence-corrected chi connectivity index (χ4v) is 1.67. The first-order valence-corrected chi connectivity index (χ1v) is 4.80. The second-order valence-corrected chi connectivity index (χ2v) is 3.95. The van der Waals surface area contributed by atoms with Crippen molar-refractivity contribution in [2.24, 2.45) is 0 Å². The summed E-state index contributed by atoms with van der Waals surface area (Å²) in [5.41, 5.74) is 7.45. The molecule has 14 heavy (non-hydrogen) atoms. The smallest absolute Gasteiger partial charge is 0.158 e. The van der Waals surface area contributed by atoms with E-state index in [1.165, 1.54) is 6.20 Å². The van der Waals surface area contributed by atoms with Crippen molar-refractivity contribution >= 4 is 28.4 Å². The molecule has 4 heteroatoms. The van der Waals surface area contributed by atoms with E-state index in [0.29, 0.717) is 22.3 Å². The summed E-state index contributed by atoms with van der Waals surface area (Å²) >= 11 is 5.94. The van der Waals surface area contributed by atoms with Crippen molar-refractivity contribution in [1.29, 1.82) is 0 Å². The van der Waals surface area contributed by atoms with Crippen molar-refractivity contribution < 1.29 is 4.42 Å². The molecule has 0 fully saturated rings. The Morgan fingerprint density at radius 3 is 2.86 bits per heavy atom. The predicted molar refractivity (Wildman–Crippen MR) is 57.5 cm³/mol. The van der Waals surface area contributed by atoms with Crippen molar-refractivity contribution in [3.63, 3.8) is 0 Å². The van der Waals surface area contributed by atoms with Crippen LogP contribution in [-0.4, -0.2) is 4.98 Å². The molecule has 74 valence electrons. The number of pyridine rings is 1. The fourth-order valence-electron chi connectivity index (χ4n) is 1.49. The molecule has 2 aromatic heterocycles. The number of hydrogen-bond donors (Lipinski definition) is 1. The summed E-state index contributed by atoms with van der Waals surface area (Å²) in [6.45, 7) is 4.15. The summed E-state index contributed by atoms with van der Waals surface area (Å²) in [5, 5.41) is 1.34. The maximum Gasteiger partial charge on any atom is 0.158 e. The van der Waals surface area contributed by atoms with Gasteiger partial charge in [0, 0.05) is 5.56 Å². The molecule has 0 bridgehead atoms. The molecule has 2 aromatic rings. The van der Waals surface area contributed by atoms with Gasteiger partial charge in [0.1, 0.15) is 10.8 Å². The minimum Gasteiger partial charge on any atom is -0.462 e. The first-order valence-electron chi connectivity index (χ1n) is 4.42. The monoisotopic (exact) mass is 210 g/mol. The van der Waals surface area contributed by atoms with Crippen molar-refractivity contribution in [2.45, 2.75) is 19.8 Å². The Labute approximate surface area is 86.9 Å². The van der Waals surface area contributed by atoms with Crippen LogP contribution in [0.2, 0.25) is 5.02 Å². The number of nitrogens with zero attached hydrogens (tertiary/aromatic N) is 1. The highest BCUT2D eigenvalue weighted by Crippen LogP contribution is 2.34. The molecule has 0 aromatic carbocycles. The van der Waals surface area contributed by atoms with Crippen LogP contribution in [0.1, 0.15) is 25.3 Å². The van der Waals surface area contributed by atoms with E-state index in [0.717, 1.165) is 10.9 Å². The van der Waals surface area contributed by atoms with Crippen LogP contribution in [0.3, 0.4) is 0 Å². The number of nitrogen functional groups attached to an aromatic ring is 1. The van der Waals surface area contributed by atoms with E-state index in [1.807, 2.05) is 0 Å². The van der Waals surface area contributed by atoms with Gasteiger partial charge >= 0.3 is 0 Å². The van der Waals surface area contributed by atoms with Crippen molar-refractivity contribution in [3.8, 4) is 0 Å². The van der Waals surface area contributed by atoms with E-state index in [-0.39, 0.29) is 0 Å². The Balaban J connectivity index is 2.84. The van der Waals surface area contributed by atoms with Crippen LogP contribution >= 0.6 is 11.6 Å². The lowest BCUT2D eigenvalue weighted by Gasteiger charge is -2.02. The van der Waals surface area contributed by atoms with E-state index in [2.05, 4.69) is 18.8 Å². The molecule has 0 spiro atoms. The summed E-state index contributed by atoms with van der Waals surface area (Å²) in [4.78, 5) is 4.01. The Hall–Kier alpha value is -1.22. The molecule has 2 rings (SSSR count). The van der Waals surface area contributed by atoms with E-state index < -0.39 is 0 Å². The molecule has 2 N–H and O–H groups in total. The molecule has 2 heterocycles. The standard InChI is InChI=1S/C10H11ClN2O/c1-5(2)6-4-14-9-7(11)3-13-10(12)8(6)9/h3-5H,1-2H3,(H2,12,13). The predicted octanol–water partition coefficient (Wildman–Crippen LogP) is 3.19. The lowest BCUT2D eigenvalue weighted by Crippen LogP contribution is -1.93. The van der Waals surface area contributed by atoms with Crippen LogP contribution in [0.25, 0.3) is 11.0 Å². The minimum absolute atomic E-state index is 0.346. The minimum atomic E-state index is 0.346. The van der Waals surface area contributed by atoms with Crippen LogP contribution in [-0.2, 0) is 0 Å². The normalized spacial score (nSPS) is 11.4. The maximum absolute atomic E-state index is 5.94. The Morgan fingerprint density at radius 2 is 2.21 bits per heavy atom. The van der Waals surface area contributed by atoms with Gasteiger partial charge in [-0.3, -0.25) is 0 Å². The maximum atomic E-state index is 5.94. The van der Waals surface area contributed by atoms with E-state index in [4.69, 9.17) is 21.8 Å². The third-order valence-electron chi connectivity index (χ3n) is 2.23. The number of hydrogen-bond acceptors (Lipinski definition) is 3. The summed E-state index contributed by atoms with van der Waals surface area (Å²) in [7, 11) is 0. The number of fused-ring (bicyclic) bond motifs is 1. The number of anilines is 1. The zero-order chi connectivity index (χ0) is 10.3. The van der Waals surface area contributed by atoms with Crippen LogP contribution in [0.15, 0.2) is 16.9 Å². The molecule has 0 saturated carbocycles. The van der Waals surface area contributed by atoms with Crippen molar-refractivity contribution in [3.05, 3.63) is 23.0 Å². The lowest BCUT2D eigenvalue weighted by molar-refractivity contribution is 0.606. The average Bonchev–Trinajstić information content (AvgIpc) is 2.56. The summed E-state index contributed by atoms with van der Waals surface area (Å²) < 4.78 is 5.37. The highest BCUT2D eigenvalue weighted by Gasteiger charge is 2.15. The van der Waals surface area contributed by atoms with Gasteiger partial charge in [0.05, 0.1) is 17.8 Å². The van der Waals surface area contributed by atoms with Gasteiger partial charge < -0.3 is 10.2 Å². The average molecular weight is 211 g/mol. The molecular formula is C10H11ClN2O. The first kappa shape index (κ1) is 9.34. The molecule has 0 aliphatic carbocycles. The van der Waals surface area contributed by atoms with Gasteiger partial charge in [0.2, 0.25) is 0 Å². The molecule has 0 unspecified atom stereocenters. The van der Waals surface area contributed by atoms with Gasteiger partial charge in [0.25, 0.3) is 0 Å². The first-order chi connectivity index (χ1) is 6.61. The number of furan rings is 1. The second kappa shape index (κ2) is 3.17. The fraction of sp³-hybridized carbons (Fsp3) is 0.300. The Bertz CT molecular complexity index is 476. The number of nitrogens with two attached hydrogens (primary N) is 1. The van der Waals surface area contributed by atoms with Crippen LogP contribution in [0, 0.1) is 0 Å². The second-order valence-electron chi connectivity index (χ2n) is 3.54. The SMILES string of the molecule is CC(C)c1coc2c(Cl)cnc(N)c12. The molecule has 0 aliphatic rings. The summed E-state index contributed by atoms with van der Waals surface area (Å²) in [6.07, 6.45) is 3.20. The Morgan fingerprint density at radius 1 is 1.50 bits per heavy atom. The topological polar surface area (TPSA) is 52.0 Å². The number of aromatic nitrogens is 1. The van der Waals surface area contributed by atoms with Crippen molar-refractivity contribution in [2.75, 3.05) is 5.73 Å². The summed E-state index contributed by atoms with van der Waals surface area (Å²) in [5.74, 6) is 0.820. The van der Waals surface area contributed by atoms with Gasteiger partial charge in [-0.15, -0.1) is 0 Å². The van der Waals surface area contributed by atoms with Gasteiger partial charge in [-0.25, -0.2) is 4.98 Å². The van der Waals surface area contributed by atoms with Gasteiger partial charge in [0.15, 0.2) is 5.58 Å². The van der Waals surface area contributed by atoms with Gasteiger partial charge in [-0.05, 0) is 5.92 Å². The van der Waals surface area contributed by atoms with E-state index in [1.54, 1.807) is 6.26 Å². The van der Waals surface area contributed by atoms with Crippen LogP contribution < -0.4 is 5.73 Å². The Kier molecular flexibility index (Phi) is 2.11. The molecular weight excluding hydrogens is 200 g/mol. The summed E-state index contributed by atoms with van der Waals surface area (Å²) in [6, 6.07) is 0. The molecule has 0 atom stereocenters. The molecule has 0 aliphatic heterocycles.